The topological polar surface area (TPSA) is 35.5 Å². The normalized spacial score (nSPS) is 10.5. The van der Waals surface area contributed by atoms with Crippen LogP contribution in [0.5, 0.6) is 5.75 Å². The Bertz CT molecular complexity index is 416. The number of esters is 1. The minimum atomic E-state index is -0.450. The van der Waals surface area contributed by atoms with Gasteiger partial charge >= 0.3 is 5.97 Å². The summed E-state index contributed by atoms with van der Waals surface area (Å²) in [6, 6.07) is 4.78. The van der Waals surface area contributed by atoms with Gasteiger partial charge in [-0.05, 0) is 25.1 Å². The predicted molar refractivity (Wildman–Crippen MR) is 67.7 cm³/mol. The lowest BCUT2D eigenvalue weighted by molar-refractivity contribution is -0.144. The third-order valence-electron chi connectivity index (χ3n) is 1.82. The van der Waals surface area contributed by atoms with Crippen molar-refractivity contribution in [2.75, 3.05) is 13.2 Å². The molecule has 5 heteroatoms. The van der Waals surface area contributed by atoms with Gasteiger partial charge in [-0.25, -0.2) is 4.79 Å². The number of halogens is 2. The number of carbonyl (C=O) groups excluding carboxylic acids is 1. The fourth-order valence-electron chi connectivity index (χ4n) is 1.01. The van der Waals surface area contributed by atoms with E-state index in [2.05, 4.69) is 0 Å². The first-order valence-corrected chi connectivity index (χ1v) is 5.73. The second kappa shape index (κ2) is 7.20. The Labute approximate surface area is 110 Å². The van der Waals surface area contributed by atoms with Crippen molar-refractivity contribution in [2.24, 2.45) is 0 Å². The van der Waals surface area contributed by atoms with Gasteiger partial charge in [0.15, 0.2) is 6.61 Å². The van der Waals surface area contributed by atoms with Crippen LogP contribution in [0.15, 0.2) is 30.4 Å². The van der Waals surface area contributed by atoms with E-state index in [4.69, 9.17) is 32.7 Å². The third-order valence-corrected chi connectivity index (χ3v) is 2.35. The van der Waals surface area contributed by atoms with E-state index in [1.807, 2.05) is 6.92 Å². The number of ether oxygens (including phenoxy) is 2. The van der Waals surface area contributed by atoms with Gasteiger partial charge in [0, 0.05) is 5.02 Å². The molecule has 0 bridgehead atoms. The van der Waals surface area contributed by atoms with Crippen LogP contribution in [0.25, 0.3) is 0 Å². The number of hydrogen-bond acceptors (Lipinski definition) is 3. The highest BCUT2D eigenvalue weighted by Crippen LogP contribution is 2.27. The Morgan fingerprint density at radius 2 is 2.18 bits per heavy atom. The fourth-order valence-corrected chi connectivity index (χ4v) is 1.47. The molecule has 1 aromatic carbocycles. The van der Waals surface area contributed by atoms with E-state index < -0.39 is 5.97 Å². The van der Waals surface area contributed by atoms with Gasteiger partial charge in [-0.3, -0.25) is 0 Å². The van der Waals surface area contributed by atoms with Gasteiger partial charge in [0.05, 0.1) is 5.02 Å². The van der Waals surface area contributed by atoms with E-state index in [1.165, 1.54) is 0 Å². The standard InChI is InChI=1S/C12H12Cl2O3/c1-2-3-6-16-12(15)8-17-11-5-4-9(13)7-10(11)14/h2-5,7H,6,8H2,1H3. The van der Waals surface area contributed by atoms with Gasteiger partial charge in [0.2, 0.25) is 0 Å². The van der Waals surface area contributed by atoms with E-state index >= 15 is 0 Å². The van der Waals surface area contributed by atoms with Gasteiger partial charge in [-0.1, -0.05) is 35.4 Å². The average molecular weight is 275 g/mol. The molecular formula is C12H12Cl2O3. The van der Waals surface area contributed by atoms with Crippen LogP contribution in [0.4, 0.5) is 0 Å². The summed E-state index contributed by atoms with van der Waals surface area (Å²) in [7, 11) is 0. The summed E-state index contributed by atoms with van der Waals surface area (Å²) < 4.78 is 10.0. The van der Waals surface area contributed by atoms with Gasteiger partial charge < -0.3 is 9.47 Å². The Balaban J connectivity index is 2.42. The average Bonchev–Trinajstić information content (AvgIpc) is 2.28. The minimum Gasteiger partial charge on any atom is -0.480 e. The van der Waals surface area contributed by atoms with Crippen LogP contribution in [-0.4, -0.2) is 19.2 Å². The lowest BCUT2D eigenvalue weighted by Crippen LogP contribution is -2.15. The SMILES string of the molecule is CC=CCOC(=O)COc1ccc(Cl)cc1Cl. The highest BCUT2D eigenvalue weighted by Gasteiger charge is 2.06. The van der Waals surface area contributed by atoms with Crippen LogP contribution < -0.4 is 4.74 Å². The molecule has 0 saturated heterocycles. The molecule has 0 aliphatic carbocycles. The molecule has 0 N–H and O–H groups in total. The lowest BCUT2D eigenvalue weighted by Gasteiger charge is -2.07. The monoisotopic (exact) mass is 274 g/mol. The molecule has 0 aliphatic heterocycles. The molecule has 0 spiro atoms. The first kappa shape index (κ1) is 13.9. The number of allylic oxidation sites excluding steroid dienone is 1. The summed E-state index contributed by atoms with van der Waals surface area (Å²) >= 11 is 11.6. The van der Waals surface area contributed by atoms with Gasteiger partial charge in [0.25, 0.3) is 0 Å². The van der Waals surface area contributed by atoms with Crippen molar-refractivity contribution in [3.8, 4) is 5.75 Å². The largest absolute Gasteiger partial charge is 0.480 e. The summed E-state index contributed by atoms with van der Waals surface area (Å²) in [6.07, 6.45) is 3.53. The molecule has 17 heavy (non-hydrogen) atoms. The van der Waals surface area contributed by atoms with E-state index in [9.17, 15) is 4.79 Å². The summed E-state index contributed by atoms with van der Waals surface area (Å²) in [5.41, 5.74) is 0. The van der Waals surface area contributed by atoms with Crippen LogP contribution in [0, 0.1) is 0 Å². The molecule has 0 amide bonds. The van der Waals surface area contributed by atoms with E-state index in [0.29, 0.717) is 15.8 Å². The molecule has 0 atom stereocenters. The summed E-state index contributed by atoms with van der Waals surface area (Å²) in [6.45, 7) is 1.91. The first-order valence-electron chi connectivity index (χ1n) is 4.98. The van der Waals surface area contributed by atoms with Gasteiger partial charge in [-0.15, -0.1) is 0 Å². The van der Waals surface area contributed by atoms with Crippen LogP contribution >= 0.6 is 23.2 Å². The predicted octanol–water partition coefficient (Wildman–Crippen LogP) is 3.49. The Morgan fingerprint density at radius 3 is 2.82 bits per heavy atom. The summed E-state index contributed by atoms with van der Waals surface area (Å²) in [4.78, 5) is 11.2. The molecule has 1 aromatic rings. The summed E-state index contributed by atoms with van der Waals surface area (Å²) in [5.74, 6) is -0.0480. The van der Waals surface area contributed by atoms with Gasteiger partial charge in [-0.2, -0.15) is 0 Å². The highest BCUT2D eigenvalue weighted by molar-refractivity contribution is 6.35. The molecule has 3 nitrogen and oxygen atoms in total. The van der Waals surface area contributed by atoms with Crippen LogP contribution in [0.2, 0.25) is 10.0 Å². The lowest BCUT2D eigenvalue weighted by atomic mass is 10.3. The Kier molecular flexibility index (Phi) is 5.87. The van der Waals surface area contributed by atoms with E-state index in [1.54, 1.807) is 30.4 Å². The van der Waals surface area contributed by atoms with Crippen molar-refractivity contribution < 1.29 is 14.3 Å². The van der Waals surface area contributed by atoms with Crippen LogP contribution in [-0.2, 0) is 9.53 Å². The van der Waals surface area contributed by atoms with Crippen molar-refractivity contribution in [3.63, 3.8) is 0 Å². The maximum Gasteiger partial charge on any atom is 0.344 e. The van der Waals surface area contributed by atoms with Crippen molar-refractivity contribution in [3.05, 3.63) is 40.4 Å². The number of benzene rings is 1. The quantitative estimate of drug-likeness (QED) is 0.609. The second-order valence-corrected chi connectivity index (χ2v) is 3.96. The van der Waals surface area contributed by atoms with Crippen LogP contribution in [0.1, 0.15) is 6.92 Å². The fraction of sp³-hybridized carbons (Fsp3) is 0.250. The molecule has 1 rings (SSSR count). The second-order valence-electron chi connectivity index (χ2n) is 3.12. The maximum atomic E-state index is 11.2. The van der Waals surface area contributed by atoms with Crippen molar-refractivity contribution >= 4 is 29.2 Å². The Morgan fingerprint density at radius 1 is 1.41 bits per heavy atom. The number of rotatable bonds is 5. The number of carbonyl (C=O) groups is 1. The Hall–Kier alpha value is -1.19. The molecular weight excluding hydrogens is 263 g/mol. The first-order chi connectivity index (χ1) is 8.13. The molecule has 0 fully saturated rings. The van der Waals surface area contributed by atoms with Crippen molar-refractivity contribution in [1.29, 1.82) is 0 Å². The summed E-state index contributed by atoms with van der Waals surface area (Å²) in [5, 5.41) is 0.872. The van der Waals surface area contributed by atoms with E-state index in [-0.39, 0.29) is 13.2 Å². The minimum absolute atomic E-state index is 0.182. The molecule has 0 unspecified atom stereocenters. The molecule has 0 aromatic heterocycles. The van der Waals surface area contributed by atoms with Crippen molar-refractivity contribution in [1.82, 2.24) is 0 Å². The third kappa shape index (κ3) is 5.11. The van der Waals surface area contributed by atoms with Crippen LogP contribution in [0.3, 0.4) is 0 Å². The molecule has 0 heterocycles. The van der Waals surface area contributed by atoms with E-state index in [0.717, 1.165) is 0 Å². The zero-order chi connectivity index (χ0) is 12.7. The number of hydrogen-bond donors (Lipinski definition) is 0. The zero-order valence-electron chi connectivity index (χ0n) is 9.28. The molecule has 0 saturated carbocycles. The highest BCUT2D eigenvalue weighted by atomic mass is 35.5. The molecule has 0 radical (unpaired) electrons. The molecule has 92 valence electrons. The maximum absolute atomic E-state index is 11.2. The molecule has 0 aliphatic rings. The van der Waals surface area contributed by atoms with Crippen molar-refractivity contribution in [2.45, 2.75) is 6.92 Å². The smallest absolute Gasteiger partial charge is 0.344 e. The zero-order valence-corrected chi connectivity index (χ0v) is 10.8. The van der Waals surface area contributed by atoms with Gasteiger partial charge in [0.1, 0.15) is 12.4 Å².